The minimum absolute atomic E-state index is 0.197. The van der Waals surface area contributed by atoms with Crippen LogP contribution >= 0.6 is 0 Å². The lowest BCUT2D eigenvalue weighted by atomic mass is 9.64. The summed E-state index contributed by atoms with van der Waals surface area (Å²) in [4.78, 5) is 29.9. The summed E-state index contributed by atoms with van der Waals surface area (Å²) >= 11 is 0. The number of nitrogens with one attached hydrogen (secondary N) is 2. The van der Waals surface area contributed by atoms with E-state index in [2.05, 4.69) is 48.1 Å². The van der Waals surface area contributed by atoms with Crippen LogP contribution in [0.4, 0.5) is 0 Å². The first-order chi connectivity index (χ1) is 11.5. The predicted octanol–water partition coefficient (Wildman–Crippen LogP) is 3.34. The summed E-state index contributed by atoms with van der Waals surface area (Å²) in [5, 5.41) is 0. The van der Waals surface area contributed by atoms with Crippen LogP contribution in [0.25, 0.3) is 0 Å². The van der Waals surface area contributed by atoms with Gasteiger partial charge in [-0.2, -0.15) is 0 Å². The third kappa shape index (κ3) is 2.36. The second kappa shape index (κ2) is 5.47. The van der Waals surface area contributed by atoms with Crippen molar-refractivity contribution in [1.29, 1.82) is 0 Å². The second-order valence-electron chi connectivity index (χ2n) is 7.92. The first-order valence-electron chi connectivity index (χ1n) is 8.92. The molecular weight excluding hydrogens is 300 g/mol. The summed E-state index contributed by atoms with van der Waals surface area (Å²) < 4.78 is 0. The highest BCUT2D eigenvalue weighted by Gasteiger charge is 2.40. The SMILES string of the molecule is CC1(C)CCC(C2CCCc3ccccc32)c2[nH]c(=O)[nH]c(=O)c21. The molecule has 2 aromatic rings. The molecule has 1 aromatic heterocycles. The predicted molar refractivity (Wildman–Crippen MR) is 94.8 cm³/mol. The van der Waals surface area contributed by atoms with E-state index in [0.29, 0.717) is 5.92 Å². The zero-order valence-corrected chi connectivity index (χ0v) is 14.3. The lowest BCUT2D eigenvalue weighted by molar-refractivity contribution is 0.334. The van der Waals surface area contributed by atoms with Crippen molar-refractivity contribution in [2.24, 2.45) is 0 Å². The molecule has 0 aliphatic heterocycles. The maximum atomic E-state index is 12.5. The molecule has 0 radical (unpaired) electrons. The van der Waals surface area contributed by atoms with Gasteiger partial charge in [0.2, 0.25) is 0 Å². The standard InChI is InChI=1S/C20H24N2O2/c1-20(2)11-10-15(17-16(20)18(23)22-19(24)21-17)14-9-5-7-12-6-3-4-8-13(12)14/h3-4,6,8,14-15H,5,7,9-11H2,1-2H3,(H2,21,22,23,24). The smallest absolute Gasteiger partial charge is 0.311 e. The lowest BCUT2D eigenvalue weighted by Gasteiger charge is -2.40. The molecule has 24 heavy (non-hydrogen) atoms. The van der Waals surface area contributed by atoms with Crippen LogP contribution in [0, 0.1) is 0 Å². The van der Waals surface area contributed by atoms with Crippen molar-refractivity contribution in [2.75, 3.05) is 0 Å². The minimum atomic E-state index is -0.384. The third-order valence-corrected chi connectivity index (χ3v) is 6.00. The van der Waals surface area contributed by atoms with Gasteiger partial charge in [0.05, 0.1) is 0 Å². The summed E-state index contributed by atoms with van der Waals surface area (Å²) in [5.74, 6) is 0.617. The molecule has 2 aliphatic rings. The Labute approximate surface area is 141 Å². The Morgan fingerprint density at radius 2 is 1.83 bits per heavy atom. The molecule has 4 rings (SSSR count). The molecule has 4 nitrogen and oxygen atoms in total. The number of hydrogen-bond donors (Lipinski definition) is 2. The third-order valence-electron chi connectivity index (χ3n) is 6.00. The summed E-state index contributed by atoms with van der Waals surface area (Å²) in [5.41, 5.74) is 3.69. The van der Waals surface area contributed by atoms with Crippen molar-refractivity contribution in [1.82, 2.24) is 9.97 Å². The van der Waals surface area contributed by atoms with E-state index in [4.69, 9.17) is 0 Å². The molecule has 0 bridgehead atoms. The summed E-state index contributed by atoms with van der Waals surface area (Å²) in [6.45, 7) is 4.20. The maximum absolute atomic E-state index is 12.5. The Morgan fingerprint density at radius 3 is 2.67 bits per heavy atom. The van der Waals surface area contributed by atoms with E-state index in [0.717, 1.165) is 36.9 Å². The zero-order chi connectivity index (χ0) is 16.9. The van der Waals surface area contributed by atoms with Crippen molar-refractivity contribution >= 4 is 0 Å². The zero-order valence-electron chi connectivity index (χ0n) is 14.3. The van der Waals surface area contributed by atoms with E-state index in [1.165, 1.54) is 17.5 Å². The normalized spacial score (nSPS) is 24.9. The quantitative estimate of drug-likeness (QED) is 0.845. The summed E-state index contributed by atoms with van der Waals surface area (Å²) in [6, 6.07) is 8.65. The Bertz CT molecular complexity index is 891. The first kappa shape index (κ1) is 15.4. The molecule has 126 valence electrons. The molecule has 0 amide bonds. The van der Waals surface area contributed by atoms with Crippen LogP contribution in [0.2, 0.25) is 0 Å². The van der Waals surface area contributed by atoms with Gasteiger partial charge in [-0.25, -0.2) is 4.79 Å². The number of benzene rings is 1. The van der Waals surface area contributed by atoms with Gasteiger partial charge >= 0.3 is 5.69 Å². The number of aromatic amines is 2. The number of hydrogen-bond acceptors (Lipinski definition) is 2. The molecule has 0 saturated heterocycles. The molecule has 2 unspecified atom stereocenters. The molecule has 1 heterocycles. The molecule has 0 fully saturated rings. The molecule has 2 N–H and O–H groups in total. The molecule has 2 aliphatic carbocycles. The van der Waals surface area contributed by atoms with Crippen molar-refractivity contribution in [3.05, 3.63) is 67.5 Å². The van der Waals surface area contributed by atoms with E-state index in [1.54, 1.807) is 0 Å². The fraction of sp³-hybridized carbons (Fsp3) is 0.500. The average Bonchev–Trinajstić information content (AvgIpc) is 2.53. The van der Waals surface area contributed by atoms with Crippen LogP contribution < -0.4 is 11.2 Å². The highest BCUT2D eigenvalue weighted by molar-refractivity contribution is 5.39. The van der Waals surface area contributed by atoms with E-state index in [1.807, 2.05) is 0 Å². The lowest BCUT2D eigenvalue weighted by Crippen LogP contribution is -2.40. The molecule has 4 heteroatoms. The van der Waals surface area contributed by atoms with Crippen molar-refractivity contribution in [2.45, 2.75) is 63.2 Å². The van der Waals surface area contributed by atoms with Gasteiger partial charge in [-0.15, -0.1) is 0 Å². The van der Waals surface area contributed by atoms with Crippen LogP contribution in [-0.2, 0) is 11.8 Å². The van der Waals surface area contributed by atoms with Gasteiger partial charge in [0.25, 0.3) is 5.56 Å². The molecule has 0 saturated carbocycles. The fourth-order valence-corrected chi connectivity index (χ4v) is 4.85. The molecule has 1 aromatic carbocycles. The van der Waals surface area contributed by atoms with Crippen LogP contribution in [0.3, 0.4) is 0 Å². The monoisotopic (exact) mass is 324 g/mol. The number of H-pyrrole nitrogens is 2. The van der Waals surface area contributed by atoms with E-state index >= 15 is 0 Å². The van der Waals surface area contributed by atoms with Gasteiger partial charge in [0.1, 0.15) is 0 Å². The van der Waals surface area contributed by atoms with Gasteiger partial charge in [-0.3, -0.25) is 9.78 Å². The van der Waals surface area contributed by atoms with Crippen molar-refractivity contribution in [3.63, 3.8) is 0 Å². The van der Waals surface area contributed by atoms with Crippen LogP contribution in [-0.4, -0.2) is 9.97 Å². The topological polar surface area (TPSA) is 65.7 Å². The van der Waals surface area contributed by atoms with Gasteiger partial charge in [0, 0.05) is 17.2 Å². The fourth-order valence-electron chi connectivity index (χ4n) is 4.85. The number of aryl methyl sites for hydroxylation is 1. The van der Waals surface area contributed by atoms with Gasteiger partial charge in [0.15, 0.2) is 0 Å². The highest BCUT2D eigenvalue weighted by atomic mass is 16.2. The van der Waals surface area contributed by atoms with Crippen molar-refractivity contribution in [3.8, 4) is 0 Å². The highest BCUT2D eigenvalue weighted by Crippen LogP contribution is 2.49. The van der Waals surface area contributed by atoms with Gasteiger partial charge < -0.3 is 4.98 Å². The van der Waals surface area contributed by atoms with Gasteiger partial charge in [-0.1, -0.05) is 38.1 Å². The van der Waals surface area contributed by atoms with Crippen molar-refractivity contribution < 1.29 is 0 Å². The summed E-state index contributed by atoms with van der Waals surface area (Å²) in [7, 11) is 0. The van der Waals surface area contributed by atoms with Crippen LogP contribution in [0.15, 0.2) is 33.9 Å². The average molecular weight is 324 g/mol. The van der Waals surface area contributed by atoms with E-state index < -0.39 is 0 Å². The molecular formula is C20H24N2O2. The second-order valence-corrected chi connectivity index (χ2v) is 7.92. The first-order valence-corrected chi connectivity index (χ1v) is 8.92. The number of fused-ring (bicyclic) bond motifs is 2. The number of rotatable bonds is 1. The van der Waals surface area contributed by atoms with E-state index in [9.17, 15) is 9.59 Å². The molecule has 2 atom stereocenters. The molecule has 0 spiro atoms. The maximum Gasteiger partial charge on any atom is 0.325 e. The minimum Gasteiger partial charge on any atom is -0.311 e. The summed E-state index contributed by atoms with van der Waals surface area (Å²) in [6.07, 6.45) is 5.40. The Morgan fingerprint density at radius 1 is 1.04 bits per heavy atom. The largest absolute Gasteiger partial charge is 0.325 e. The Hall–Kier alpha value is -2.10. The van der Waals surface area contributed by atoms with Gasteiger partial charge in [-0.05, 0) is 54.6 Å². The van der Waals surface area contributed by atoms with Crippen LogP contribution in [0.1, 0.15) is 73.8 Å². The Balaban J connectivity index is 1.88. The number of aromatic nitrogens is 2. The van der Waals surface area contributed by atoms with E-state index in [-0.39, 0.29) is 22.6 Å². The Kier molecular flexibility index (Phi) is 3.52. The van der Waals surface area contributed by atoms with Crippen LogP contribution in [0.5, 0.6) is 0 Å².